The van der Waals surface area contributed by atoms with Crippen LogP contribution in [-0.2, 0) is 9.53 Å². The lowest BCUT2D eigenvalue weighted by molar-refractivity contribution is -0.133. The highest BCUT2D eigenvalue weighted by molar-refractivity contribution is 5.94. The number of pyridine rings is 1. The standard InChI is InChI=1S/C16H23N7O3/c1-5-26-11(2)14(24)20-16(3,4)9-18-15(25)12-6-13(8-17-7-12)23-10-19-21-22-23/h6-8,10-11H,5,9H2,1-4H3,(H,18,25)(H,20,24). The summed E-state index contributed by atoms with van der Waals surface area (Å²) < 4.78 is 6.67. The second-order valence-electron chi connectivity index (χ2n) is 6.34. The van der Waals surface area contributed by atoms with Crippen LogP contribution in [-0.4, -0.2) is 61.8 Å². The molecule has 0 aliphatic heterocycles. The Hall–Kier alpha value is -2.88. The first-order chi connectivity index (χ1) is 12.3. The minimum absolute atomic E-state index is 0.228. The average molecular weight is 361 g/mol. The third kappa shape index (κ3) is 5.31. The Labute approximate surface area is 151 Å². The highest BCUT2D eigenvalue weighted by atomic mass is 16.5. The molecule has 0 spiro atoms. The van der Waals surface area contributed by atoms with Crippen LogP contribution in [0, 0.1) is 0 Å². The van der Waals surface area contributed by atoms with Crippen LogP contribution in [0.15, 0.2) is 24.8 Å². The molecular weight excluding hydrogens is 338 g/mol. The molecule has 0 radical (unpaired) electrons. The average Bonchev–Trinajstić information content (AvgIpc) is 3.14. The van der Waals surface area contributed by atoms with Gasteiger partial charge in [0.1, 0.15) is 12.4 Å². The van der Waals surface area contributed by atoms with Crippen molar-refractivity contribution in [3.8, 4) is 5.69 Å². The van der Waals surface area contributed by atoms with Crippen LogP contribution in [0.5, 0.6) is 0 Å². The van der Waals surface area contributed by atoms with Crippen molar-refractivity contribution in [2.75, 3.05) is 13.2 Å². The number of hydrogen-bond donors (Lipinski definition) is 2. The van der Waals surface area contributed by atoms with Crippen LogP contribution in [0.3, 0.4) is 0 Å². The molecule has 10 nitrogen and oxygen atoms in total. The zero-order valence-corrected chi connectivity index (χ0v) is 15.3. The third-order valence-electron chi connectivity index (χ3n) is 3.54. The fourth-order valence-corrected chi connectivity index (χ4v) is 2.17. The van der Waals surface area contributed by atoms with E-state index in [1.54, 1.807) is 19.2 Å². The van der Waals surface area contributed by atoms with Gasteiger partial charge in [0, 0.05) is 19.3 Å². The van der Waals surface area contributed by atoms with Crippen LogP contribution < -0.4 is 10.6 Å². The quantitative estimate of drug-likeness (QED) is 0.683. The van der Waals surface area contributed by atoms with Crippen LogP contribution in [0.1, 0.15) is 38.1 Å². The SMILES string of the molecule is CCOC(C)C(=O)NC(C)(C)CNC(=O)c1cncc(-n2cnnn2)c1. The van der Waals surface area contributed by atoms with E-state index in [1.807, 2.05) is 20.8 Å². The van der Waals surface area contributed by atoms with Gasteiger partial charge in [-0.15, -0.1) is 5.10 Å². The molecule has 0 saturated heterocycles. The number of carbonyl (C=O) groups is 2. The molecule has 0 aromatic carbocycles. The Kier molecular flexibility index (Phi) is 6.34. The van der Waals surface area contributed by atoms with E-state index in [-0.39, 0.29) is 18.4 Å². The lowest BCUT2D eigenvalue weighted by Gasteiger charge is -2.28. The van der Waals surface area contributed by atoms with Gasteiger partial charge >= 0.3 is 0 Å². The molecule has 26 heavy (non-hydrogen) atoms. The molecule has 1 unspecified atom stereocenters. The first-order valence-electron chi connectivity index (χ1n) is 8.22. The minimum Gasteiger partial charge on any atom is -0.369 e. The smallest absolute Gasteiger partial charge is 0.253 e. The van der Waals surface area contributed by atoms with E-state index in [1.165, 1.54) is 17.2 Å². The number of nitrogens with one attached hydrogen (secondary N) is 2. The molecule has 2 aromatic rings. The Morgan fingerprint density at radius 1 is 1.35 bits per heavy atom. The van der Waals surface area contributed by atoms with Gasteiger partial charge < -0.3 is 15.4 Å². The van der Waals surface area contributed by atoms with Gasteiger partial charge in [-0.2, -0.15) is 4.68 Å². The number of tetrazole rings is 1. The normalized spacial score (nSPS) is 12.5. The third-order valence-corrected chi connectivity index (χ3v) is 3.54. The van der Waals surface area contributed by atoms with Gasteiger partial charge in [-0.25, -0.2) is 0 Å². The van der Waals surface area contributed by atoms with E-state index in [9.17, 15) is 9.59 Å². The zero-order chi connectivity index (χ0) is 19.2. The molecular formula is C16H23N7O3. The highest BCUT2D eigenvalue weighted by Gasteiger charge is 2.24. The predicted molar refractivity (Wildman–Crippen MR) is 92.6 cm³/mol. The van der Waals surface area contributed by atoms with Crippen molar-refractivity contribution < 1.29 is 14.3 Å². The fraction of sp³-hybridized carbons (Fsp3) is 0.500. The molecule has 2 aromatic heterocycles. The fourth-order valence-electron chi connectivity index (χ4n) is 2.17. The number of hydrogen-bond acceptors (Lipinski definition) is 7. The van der Waals surface area contributed by atoms with Crippen LogP contribution in [0.2, 0.25) is 0 Å². The Morgan fingerprint density at radius 3 is 2.77 bits per heavy atom. The van der Waals surface area contributed by atoms with Crippen LogP contribution in [0.4, 0.5) is 0 Å². The Balaban J connectivity index is 1.95. The first kappa shape index (κ1) is 19.4. The molecule has 10 heteroatoms. The molecule has 0 saturated carbocycles. The maximum Gasteiger partial charge on any atom is 0.253 e. The summed E-state index contributed by atoms with van der Waals surface area (Å²) in [6.07, 6.45) is 3.86. The number of amides is 2. The summed E-state index contributed by atoms with van der Waals surface area (Å²) in [5, 5.41) is 16.5. The van der Waals surface area contributed by atoms with Crippen molar-refractivity contribution in [2.45, 2.75) is 39.3 Å². The second-order valence-corrected chi connectivity index (χ2v) is 6.34. The van der Waals surface area contributed by atoms with Crippen LogP contribution >= 0.6 is 0 Å². The molecule has 0 bridgehead atoms. The molecule has 2 rings (SSSR count). The molecule has 2 heterocycles. The summed E-state index contributed by atoms with van der Waals surface area (Å²) in [6, 6.07) is 1.63. The van der Waals surface area contributed by atoms with E-state index in [0.717, 1.165) is 0 Å². The van der Waals surface area contributed by atoms with Gasteiger partial charge in [0.2, 0.25) is 5.91 Å². The van der Waals surface area contributed by atoms with E-state index in [2.05, 4.69) is 31.1 Å². The van der Waals surface area contributed by atoms with Gasteiger partial charge in [-0.05, 0) is 44.2 Å². The van der Waals surface area contributed by atoms with Crippen molar-refractivity contribution >= 4 is 11.8 Å². The lowest BCUT2D eigenvalue weighted by Crippen LogP contribution is -2.53. The van der Waals surface area contributed by atoms with Gasteiger partial charge in [0.15, 0.2) is 0 Å². The highest BCUT2D eigenvalue weighted by Crippen LogP contribution is 2.08. The predicted octanol–water partition coefficient (Wildman–Crippen LogP) is 0.107. The zero-order valence-electron chi connectivity index (χ0n) is 15.3. The Morgan fingerprint density at radius 2 is 2.12 bits per heavy atom. The topological polar surface area (TPSA) is 124 Å². The molecule has 2 amide bonds. The maximum absolute atomic E-state index is 12.4. The molecule has 1 atom stereocenters. The number of carbonyl (C=O) groups excluding carboxylic acids is 2. The molecule has 140 valence electrons. The van der Waals surface area contributed by atoms with E-state index in [0.29, 0.717) is 17.9 Å². The van der Waals surface area contributed by atoms with Crippen molar-refractivity contribution in [2.24, 2.45) is 0 Å². The second kappa shape index (κ2) is 8.48. The first-order valence-corrected chi connectivity index (χ1v) is 8.22. The molecule has 0 aliphatic rings. The van der Waals surface area contributed by atoms with Crippen LogP contribution in [0.25, 0.3) is 5.69 Å². The van der Waals surface area contributed by atoms with Crippen molar-refractivity contribution in [3.05, 3.63) is 30.4 Å². The monoisotopic (exact) mass is 361 g/mol. The molecule has 0 aliphatic carbocycles. The summed E-state index contributed by atoms with van der Waals surface area (Å²) in [5.74, 6) is -0.541. The van der Waals surface area contributed by atoms with Gasteiger partial charge in [-0.3, -0.25) is 14.6 Å². The van der Waals surface area contributed by atoms with Crippen molar-refractivity contribution in [1.82, 2.24) is 35.8 Å². The molecule has 0 fully saturated rings. The van der Waals surface area contributed by atoms with Gasteiger partial charge in [0.25, 0.3) is 5.91 Å². The largest absolute Gasteiger partial charge is 0.369 e. The van der Waals surface area contributed by atoms with E-state index in [4.69, 9.17) is 4.74 Å². The van der Waals surface area contributed by atoms with Gasteiger partial charge in [0.05, 0.1) is 23.0 Å². The van der Waals surface area contributed by atoms with E-state index < -0.39 is 11.6 Å². The lowest BCUT2D eigenvalue weighted by atomic mass is 10.0. The summed E-state index contributed by atoms with van der Waals surface area (Å²) in [4.78, 5) is 28.5. The number of rotatable bonds is 8. The van der Waals surface area contributed by atoms with Crippen molar-refractivity contribution in [1.29, 1.82) is 0 Å². The van der Waals surface area contributed by atoms with Gasteiger partial charge in [-0.1, -0.05) is 0 Å². The summed E-state index contributed by atoms with van der Waals surface area (Å²) in [6.45, 7) is 7.84. The van der Waals surface area contributed by atoms with Crippen molar-refractivity contribution in [3.63, 3.8) is 0 Å². The Bertz CT molecular complexity index is 746. The van der Waals surface area contributed by atoms with E-state index >= 15 is 0 Å². The number of aromatic nitrogens is 5. The summed E-state index contributed by atoms with van der Waals surface area (Å²) >= 11 is 0. The maximum atomic E-state index is 12.4. The minimum atomic E-state index is -0.640. The summed E-state index contributed by atoms with van der Waals surface area (Å²) in [7, 11) is 0. The number of nitrogens with zero attached hydrogens (tertiary/aromatic N) is 5. The molecule has 2 N–H and O–H groups in total. The number of ether oxygens (including phenoxy) is 1. The summed E-state index contributed by atoms with van der Waals surface area (Å²) in [5.41, 5.74) is 0.294.